The van der Waals surface area contributed by atoms with Crippen molar-refractivity contribution < 1.29 is 13.6 Å². The minimum Gasteiger partial charge on any atom is -0.393 e. The molecule has 0 saturated heterocycles. The number of Topliss-reactive ketones (excluding diaryl/α,β-unsaturated/α-hetero) is 1. The summed E-state index contributed by atoms with van der Waals surface area (Å²) in [7, 11) is 0. The topological polar surface area (TPSA) is 66.9 Å². The normalized spacial score (nSPS) is 19.8. The summed E-state index contributed by atoms with van der Waals surface area (Å²) in [6.07, 6.45) is 0. The van der Waals surface area contributed by atoms with Crippen molar-refractivity contribution in [3.8, 4) is 6.07 Å². The van der Waals surface area contributed by atoms with Crippen molar-refractivity contribution in [1.29, 1.82) is 5.26 Å². The van der Waals surface area contributed by atoms with E-state index in [0.29, 0.717) is 15.6 Å². The predicted octanol–water partition coefficient (Wildman–Crippen LogP) is 4.50. The Hall–Kier alpha value is -2.17. The number of nitriles is 1. The van der Waals surface area contributed by atoms with Gasteiger partial charge in [-0.2, -0.15) is 5.26 Å². The van der Waals surface area contributed by atoms with Gasteiger partial charge >= 0.3 is 0 Å². The number of nitrogens with two attached hydrogens (primary N) is 1. The second-order valence-corrected chi connectivity index (χ2v) is 7.49. The largest absolute Gasteiger partial charge is 0.393 e. The molecule has 0 radical (unpaired) electrons. The number of thioether (sulfide) groups is 1. The van der Waals surface area contributed by atoms with Gasteiger partial charge in [0.25, 0.3) is 0 Å². The van der Waals surface area contributed by atoms with Crippen LogP contribution in [0, 0.1) is 23.0 Å². The number of hydrogen-bond donors (Lipinski definition) is 1. The fourth-order valence-corrected chi connectivity index (χ4v) is 4.22. The Balaban J connectivity index is 2.03. The maximum atomic E-state index is 13.9. The summed E-state index contributed by atoms with van der Waals surface area (Å²) in [5.74, 6) is -1.88. The van der Waals surface area contributed by atoms with E-state index in [1.807, 2.05) is 6.07 Å². The van der Waals surface area contributed by atoms with Gasteiger partial charge in [-0.05, 0) is 57.9 Å². The highest BCUT2D eigenvalue weighted by molar-refractivity contribution is 9.10. The number of allylic oxidation sites excluding steroid dienone is 1. The first-order valence-electron chi connectivity index (χ1n) is 7.23. The first-order chi connectivity index (χ1) is 11.9. The molecular formula is C18H11BrF2N2OS. The summed E-state index contributed by atoms with van der Waals surface area (Å²) >= 11 is 4.16. The van der Waals surface area contributed by atoms with E-state index < -0.39 is 22.8 Å². The fourth-order valence-electron chi connectivity index (χ4n) is 2.73. The first kappa shape index (κ1) is 17.6. The summed E-state index contributed by atoms with van der Waals surface area (Å²) in [4.78, 5) is 12.9. The molecule has 2 N–H and O–H groups in total. The number of ketones is 1. The van der Waals surface area contributed by atoms with Crippen molar-refractivity contribution in [1.82, 2.24) is 0 Å². The lowest BCUT2D eigenvalue weighted by Crippen LogP contribution is -2.23. The molecular weight excluding hydrogens is 410 g/mol. The highest BCUT2D eigenvalue weighted by Gasteiger charge is 2.41. The van der Waals surface area contributed by atoms with Gasteiger partial charge in [-0.3, -0.25) is 4.79 Å². The van der Waals surface area contributed by atoms with E-state index in [4.69, 9.17) is 5.73 Å². The summed E-state index contributed by atoms with van der Waals surface area (Å²) in [5.41, 5.74) is 6.97. The van der Waals surface area contributed by atoms with Gasteiger partial charge in [0.2, 0.25) is 0 Å². The van der Waals surface area contributed by atoms with E-state index in [1.165, 1.54) is 36.4 Å². The summed E-state index contributed by atoms with van der Waals surface area (Å²) in [6.45, 7) is 0. The molecule has 2 atom stereocenters. The van der Waals surface area contributed by atoms with Gasteiger partial charge in [0, 0.05) is 11.5 Å². The van der Waals surface area contributed by atoms with E-state index >= 15 is 0 Å². The second kappa shape index (κ2) is 6.98. The number of hydrogen-bond acceptors (Lipinski definition) is 4. The third-order valence-electron chi connectivity index (χ3n) is 3.94. The van der Waals surface area contributed by atoms with Gasteiger partial charge < -0.3 is 5.73 Å². The molecule has 7 heteroatoms. The van der Waals surface area contributed by atoms with E-state index in [9.17, 15) is 18.8 Å². The van der Waals surface area contributed by atoms with Crippen LogP contribution in [0.4, 0.5) is 8.78 Å². The average molecular weight is 421 g/mol. The van der Waals surface area contributed by atoms with E-state index in [0.717, 1.165) is 11.8 Å². The number of benzene rings is 2. The zero-order valence-corrected chi connectivity index (χ0v) is 15.1. The molecule has 3 rings (SSSR count). The van der Waals surface area contributed by atoms with Gasteiger partial charge in [-0.25, -0.2) is 8.78 Å². The molecule has 1 heterocycles. The minimum absolute atomic E-state index is 0.243. The van der Waals surface area contributed by atoms with Crippen LogP contribution in [0.3, 0.4) is 0 Å². The lowest BCUT2D eigenvalue weighted by atomic mass is 9.86. The SMILES string of the molecule is N#CC1=C(N)S[C@@H](C(=O)c2ccc(F)cc2)[C@@H]1c1ccc(Br)c(F)c1. The summed E-state index contributed by atoms with van der Waals surface area (Å²) < 4.78 is 27.3. The third kappa shape index (κ3) is 3.32. The minimum atomic E-state index is -0.708. The first-order valence-corrected chi connectivity index (χ1v) is 8.90. The molecule has 1 aliphatic rings. The van der Waals surface area contributed by atoms with Crippen LogP contribution >= 0.6 is 27.7 Å². The van der Waals surface area contributed by atoms with Crippen molar-refractivity contribution >= 4 is 33.5 Å². The van der Waals surface area contributed by atoms with Crippen LogP contribution in [0.2, 0.25) is 0 Å². The molecule has 2 aromatic rings. The smallest absolute Gasteiger partial charge is 0.177 e. The molecule has 0 unspecified atom stereocenters. The molecule has 0 amide bonds. The maximum Gasteiger partial charge on any atom is 0.177 e. The Morgan fingerprint density at radius 3 is 2.48 bits per heavy atom. The standard InChI is InChI=1S/C18H11BrF2N2OS/c19-13-6-3-10(7-14(13)21)15-12(8-22)18(23)25-17(15)16(24)9-1-4-11(20)5-2-9/h1-7,15,17H,23H2/t15-,17-/m1/s1. The third-order valence-corrected chi connectivity index (χ3v) is 5.80. The van der Waals surface area contributed by atoms with Crippen LogP contribution in [0.1, 0.15) is 21.8 Å². The number of halogens is 3. The van der Waals surface area contributed by atoms with Gasteiger partial charge in [0.05, 0.1) is 26.4 Å². The van der Waals surface area contributed by atoms with Crippen molar-refractivity contribution in [2.45, 2.75) is 11.2 Å². The van der Waals surface area contributed by atoms with E-state index in [2.05, 4.69) is 15.9 Å². The predicted molar refractivity (Wildman–Crippen MR) is 95.8 cm³/mol. The Morgan fingerprint density at radius 2 is 1.88 bits per heavy atom. The number of carbonyl (C=O) groups excluding carboxylic acids is 1. The Labute approximate surface area is 155 Å². The number of nitrogens with zero attached hydrogens (tertiary/aromatic N) is 1. The Kier molecular flexibility index (Phi) is 4.93. The zero-order valence-electron chi connectivity index (χ0n) is 12.7. The van der Waals surface area contributed by atoms with E-state index in [-0.39, 0.29) is 16.4 Å². The molecule has 0 fully saturated rings. The average Bonchev–Trinajstić information content (AvgIpc) is 2.93. The highest BCUT2D eigenvalue weighted by Crippen LogP contribution is 2.47. The van der Waals surface area contributed by atoms with Crippen molar-refractivity contribution in [2.24, 2.45) is 5.73 Å². The molecule has 25 heavy (non-hydrogen) atoms. The lowest BCUT2D eigenvalue weighted by Gasteiger charge is -2.19. The quantitative estimate of drug-likeness (QED) is 0.742. The molecule has 0 saturated carbocycles. The maximum absolute atomic E-state index is 13.9. The highest BCUT2D eigenvalue weighted by atomic mass is 79.9. The zero-order chi connectivity index (χ0) is 18.1. The number of carbonyl (C=O) groups is 1. The van der Waals surface area contributed by atoms with Crippen LogP contribution in [0.5, 0.6) is 0 Å². The molecule has 3 nitrogen and oxygen atoms in total. The van der Waals surface area contributed by atoms with Crippen molar-refractivity contribution in [3.05, 3.63) is 80.3 Å². The summed E-state index contributed by atoms with van der Waals surface area (Å²) in [6, 6.07) is 11.7. The van der Waals surface area contributed by atoms with Gasteiger partial charge in [-0.1, -0.05) is 17.8 Å². The molecule has 0 aliphatic carbocycles. The Bertz CT molecular complexity index is 922. The van der Waals surface area contributed by atoms with Crippen LogP contribution in [0.25, 0.3) is 0 Å². The van der Waals surface area contributed by atoms with Crippen LogP contribution in [-0.2, 0) is 0 Å². The van der Waals surface area contributed by atoms with E-state index in [1.54, 1.807) is 6.07 Å². The molecule has 1 aliphatic heterocycles. The fraction of sp³-hybridized carbons (Fsp3) is 0.111. The van der Waals surface area contributed by atoms with Gasteiger partial charge in [0.15, 0.2) is 5.78 Å². The lowest BCUT2D eigenvalue weighted by molar-refractivity contribution is 0.0985. The summed E-state index contributed by atoms with van der Waals surface area (Å²) in [5, 5.41) is 8.97. The van der Waals surface area contributed by atoms with Gasteiger partial charge in [0.1, 0.15) is 11.6 Å². The monoisotopic (exact) mass is 420 g/mol. The van der Waals surface area contributed by atoms with Crippen molar-refractivity contribution in [2.75, 3.05) is 0 Å². The Morgan fingerprint density at radius 1 is 1.20 bits per heavy atom. The molecule has 126 valence electrons. The van der Waals surface area contributed by atoms with Gasteiger partial charge in [-0.15, -0.1) is 0 Å². The van der Waals surface area contributed by atoms with Crippen LogP contribution in [0.15, 0.2) is 57.5 Å². The molecule has 0 aromatic heterocycles. The van der Waals surface area contributed by atoms with Crippen molar-refractivity contribution in [3.63, 3.8) is 0 Å². The van der Waals surface area contributed by atoms with Crippen LogP contribution in [-0.4, -0.2) is 11.0 Å². The molecule has 2 aromatic carbocycles. The van der Waals surface area contributed by atoms with Crippen LogP contribution < -0.4 is 5.73 Å². The second-order valence-electron chi connectivity index (χ2n) is 5.45. The number of rotatable bonds is 3. The molecule has 0 bridgehead atoms. The molecule has 0 spiro atoms.